The topological polar surface area (TPSA) is 61.8 Å². The van der Waals surface area contributed by atoms with Crippen LogP contribution in [0.5, 0.6) is 0 Å². The molecule has 0 atom stereocenters. The molecule has 1 heterocycles. The first-order valence-corrected chi connectivity index (χ1v) is 7.78. The first kappa shape index (κ1) is 17.2. The van der Waals surface area contributed by atoms with Gasteiger partial charge in [0.15, 0.2) is 0 Å². The van der Waals surface area contributed by atoms with Gasteiger partial charge in [0.1, 0.15) is 0 Å². The Morgan fingerprint density at radius 1 is 1.40 bits per heavy atom. The zero-order valence-electron chi connectivity index (χ0n) is 13.2. The molecule has 5 nitrogen and oxygen atoms in total. The lowest BCUT2D eigenvalue weighted by Crippen LogP contribution is -2.48. The highest BCUT2D eigenvalue weighted by Gasteiger charge is 2.33. The van der Waals surface area contributed by atoms with Gasteiger partial charge in [0.2, 0.25) is 0 Å². The lowest BCUT2D eigenvalue weighted by molar-refractivity contribution is 0.0515. The van der Waals surface area contributed by atoms with Crippen molar-refractivity contribution in [3.05, 3.63) is 0 Å². The highest BCUT2D eigenvalue weighted by Crippen LogP contribution is 2.34. The van der Waals surface area contributed by atoms with E-state index in [1.54, 1.807) is 0 Å². The van der Waals surface area contributed by atoms with Crippen molar-refractivity contribution >= 4 is 6.03 Å². The first-order valence-electron chi connectivity index (χ1n) is 7.78. The third kappa shape index (κ3) is 5.29. The third-order valence-electron chi connectivity index (χ3n) is 4.25. The van der Waals surface area contributed by atoms with Crippen LogP contribution in [0.4, 0.5) is 4.79 Å². The molecule has 20 heavy (non-hydrogen) atoms. The Balaban J connectivity index is 2.19. The number of nitrogens with one attached hydrogen (secondary N) is 1. The molecule has 5 heteroatoms. The number of ether oxygens (including phenoxy) is 1. The fourth-order valence-corrected chi connectivity index (χ4v) is 2.51. The van der Waals surface area contributed by atoms with Crippen molar-refractivity contribution in [3.8, 4) is 0 Å². The summed E-state index contributed by atoms with van der Waals surface area (Å²) in [6.45, 7) is 9.17. The minimum atomic E-state index is 0.0113. The molecule has 0 aromatic heterocycles. The predicted octanol–water partition coefficient (Wildman–Crippen LogP) is 2.00. The van der Waals surface area contributed by atoms with Crippen LogP contribution in [-0.4, -0.2) is 55.0 Å². The van der Waals surface area contributed by atoms with Crippen LogP contribution in [0, 0.1) is 5.41 Å². The number of urea groups is 1. The molecule has 1 aliphatic heterocycles. The molecule has 0 aromatic carbocycles. The smallest absolute Gasteiger partial charge is 0.317 e. The van der Waals surface area contributed by atoms with E-state index in [9.17, 15) is 9.90 Å². The average Bonchev–Trinajstić information content (AvgIpc) is 2.46. The van der Waals surface area contributed by atoms with E-state index in [1.807, 2.05) is 18.7 Å². The van der Waals surface area contributed by atoms with E-state index in [0.717, 1.165) is 38.8 Å². The molecule has 2 amide bonds. The third-order valence-corrected chi connectivity index (χ3v) is 4.25. The summed E-state index contributed by atoms with van der Waals surface area (Å²) in [5.41, 5.74) is 0.0296. The Hall–Kier alpha value is -0.810. The highest BCUT2D eigenvalue weighted by molar-refractivity contribution is 5.74. The van der Waals surface area contributed by atoms with Gasteiger partial charge in [-0.1, -0.05) is 6.92 Å². The van der Waals surface area contributed by atoms with Crippen LogP contribution in [0.2, 0.25) is 0 Å². The summed E-state index contributed by atoms with van der Waals surface area (Å²) in [6.07, 6.45) is 3.85. The van der Waals surface area contributed by atoms with Crippen LogP contribution >= 0.6 is 0 Å². The van der Waals surface area contributed by atoms with Crippen LogP contribution in [-0.2, 0) is 4.74 Å². The molecule has 0 bridgehead atoms. The maximum Gasteiger partial charge on any atom is 0.317 e. The Morgan fingerprint density at radius 2 is 2.05 bits per heavy atom. The Labute approximate surface area is 122 Å². The van der Waals surface area contributed by atoms with E-state index in [1.165, 1.54) is 0 Å². The number of hydrogen-bond acceptors (Lipinski definition) is 3. The van der Waals surface area contributed by atoms with Gasteiger partial charge in [0, 0.05) is 32.8 Å². The number of aliphatic hydroxyl groups is 1. The van der Waals surface area contributed by atoms with E-state index >= 15 is 0 Å². The van der Waals surface area contributed by atoms with Gasteiger partial charge in [-0.2, -0.15) is 0 Å². The zero-order valence-corrected chi connectivity index (χ0v) is 13.2. The monoisotopic (exact) mass is 286 g/mol. The van der Waals surface area contributed by atoms with Crippen molar-refractivity contribution in [3.63, 3.8) is 0 Å². The molecule has 1 fully saturated rings. The number of aliphatic hydroxyl groups excluding tert-OH is 1. The molecule has 0 radical (unpaired) electrons. The molecule has 0 aliphatic carbocycles. The SMILES string of the molecule is CCC1(CO)CCN(C(=O)NCCCOC(C)C)CC1. The molecule has 0 unspecified atom stereocenters. The number of carbonyl (C=O) groups is 1. The van der Waals surface area contributed by atoms with Crippen LogP contribution in [0.15, 0.2) is 0 Å². The largest absolute Gasteiger partial charge is 0.396 e. The van der Waals surface area contributed by atoms with Gasteiger partial charge < -0.3 is 20.1 Å². The zero-order chi connectivity index (χ0) is 15.0. The Morgan fingerprint density at radius 3 is 2.55 bits per heavy atom. The van der Waals surface area contributed by atoms with E-state index in [0.29, 0.717) is 13.2 Å². The number of piperidine rings is 1. The maximum atomic E-state index is 12.0. The van der Waals surface area contributed by atoms with Crippen molar-refractivity contribution in [2.75, 3.05) is 32.8 Å². The van der Waals surface area contributed by atoms with Crippen LogP contribution in [0.25, 0.3) is 0 Å². The van der Waals surface area contributed by atoms with Crippen molar-refractivity contribution in [2.24, 2.45) is 5.41 Å². The van der Waals surface area contributed by atoms with Gasteiger partial charge in [-0.3, -0.25) is 0 Å². The van der Waals surface area contributed by atoms with Gasteiger partial charge in [-0.15, -0.1) is 0 Å². The van der Waals surface area contributed by atoms with Crippen LogP contribution < -0.4 is 5.32 Å². The quantitative estimate of drug-likeness (QED) is 0.704. The minimum Gasteiger partial charge on any atom is -0.396 e. The second-order valence-corrected chi connectivity index (χ2v) is 6.00. The van der Waals surface area contributed by atoms with Gasteiger partial charge >= 0.3 is 6.03 Å². The standard InChI is InChI=1S/C15H30N2O3/c1-4-15(12-18)6-9-17(10-7-15)14(19)16-8-5-11-20-13(2)3/h13,18H,4-12H2,1-3H3,(H,16,19). The number of rotatable bonds is 7. The molecule has 118 valence electrons. The minimum absolute atomic E-state index is 0.0113. The maximum absolute atomic E-state index is 12.0. The van der Waals surface area contributed by atoms with E-state index < -0.39 is 0 Å². The van der Waals surface area contributed by atoms with E-state index in [2.05, 4.69) is 12.2 Å². The summed E-state index contributed by atoms with van der Waals surface area (Å²) < 4.78 is 5.43. The lowest BCUT2D eigenvalue weighted by Gasteiger charge is -2.40. The van der Waals surface area contributed by atoms with E-state index in [4.69, 9.17) is 4.74 Å². The molecule has 0 aromatic rings. The number of hydrogen-bond donors (Lipinski definition) is 2. The molecule has 1 rings (SSSR count). The molecular formula is C15H30N2O3. The number of carbonyl (C=O) groups excluding carboxylic acids is 1. The molecule has 0 saturated carbocycles. The lowest BCUT2D eigenvalue weighted by atomic mass is 9.77. The number of amides is 2. The summed E-state index contributed by atoms with van der Waals surface area (Å²) in [5, 5.41) is 12.4. The van der Waals surface area contributed by atoms with Gasteiger partial charge in [-0.05, 0) is 44.9 Å². The van der Waals surface area contributed by atoms with Gasteiger partial charge in [0.05, 0.1) is 6.10 Å². The molecule has 1 aliphatic rings. The summed E-state index contributed by atoms with van der Waals surface area (Å²) in [7, 11) is 0. The Kier molecular flexibility index (Phi) is 7.30. The van der Waals surface area contributed by atoms with E-state index in [-0.39, 0.29) is 24.2 Å². The molecule has 2 N–H and O–H groups in total. The Bertz CT molecular complexity index is 281. The second kappa shape index (κ2) is 8.47. The molecule has 0 spiro atoms. The fraction of sp³-hybridized carbons (Fsp3) is 0.933. The van der Waals surface area contributed by atoms with Crippen molar-refractivity contribution in [1.82, 2.24) is 10.2 Å². The fourth-order valence-electron chi connectivity index (χ4n) is 2.51. The predicted molar refractivity (Wildman–Crippen MR) is 79.7 cm³/mol. The molecular weight excluding hydrogens is 256 g/mol. The second-order valence-electron chi connectivity index (χ2n) is 6.00. The van der Waals surface area contributed by atoms with Crippen molar-refractivity contribution in [1.29, 1.82) is 0 Å². The van der Waals surface area contributed by atoms with Crippen LogP contribution in [0.3, 0.4) is 0 Å². The highest BCUT2D eigenvalue weighted by atomic mass is 16.5. The van der Waals surface area contributed by atoms with Crippen molar-refractivity contribution in [2.45, 2.75) is 52.6 Å². The summed E-state index contributed by atoms with van der Waals surface area (Å²) >= 11 is 0. The number of likely N-dealkylation sites (tertiary alicyclic amines) is 1. The first-order chi connectivity index (χ1) is 9.53. The van der Waals surface area contributed by atoms with Crippen LogP contribution in [0.1, 0.15) is 46.5 Å². The number of nitrogens with zero attached hydrogens (tertiary/aromatic N) is 1. The summed E-state index contributed by atoms with van der Waals surface area (Å²) in [5.74, 6) is 0. The molecule has 1 saturated heterocycles. The average molecular weight is 286 g/mol. The van der Waals surface area contributed by atoms with Gasteiger partial charge in [-0.25, -0.2) is 4.79 Å². The summed E-state index contributed by atoms with van der Waals surface area (Å²) in [6, 6.07) is 0.0113. The van der Waals surface area contributed by atoms with Gasteiger partial charge in [0.25, 0.3) is 0 Å². The summed E-state index contributed by atoms with van der Waals surface area (Å²) in [4.78, 5) is 13.8. The normalized spacial score (nSPS) is 18.4. The van der Waals surface area contributed by atoms with Crippen molar-refractivity contribution < 1.29 is 14.6 Å².